The Morgan fingerprint density at radius 3 is 2.68 bits per heavy atom. The lowest BCUT2D eigenvalue weighted by molar-refractivity contribution is -0.179. The van der Waals surface area contributed by atoms with Crippen molar-refractivity contribution < 1.29 is 27.4 Å². The number of hydrogen-bond donors (Lipinski definition) is 0. The van der Waals surface area contributed by atoms with Crippen molar-refractivity contribution in [2.75, 3.05) is 38.7 Å². The van der Waals surface area contributed by atoms with Crippen LogP contribution in [-0.2, 0) is 29.0 Å². The molecule has 0 aromatic carbocycles. The van der Waals surface area contributed by atoms with Crippen molar-refractivity contribution in [3.63, 3.8) is 0 Å². The van der Waals surface area contributed by atoms with Crippen LogP contribution in [0.3, 0.4) is 0 Å². The summed E-state index contributed by atoms with van der Waals surface area (Å²) in [5, 5.41) is 0. The summed E-state index contributed by atoms with van der Waals surface area (Å²) < 4.78 is 41.2. The third kappa shape index (κ3) is 3.44. The van der Waals surface area contributed by atoms with Crippen LogP contribution < -0.4 is 0 Å². The zero-order valence-electron chi connectivity index (χ0n) is 11.0. The molecule has 0 bridgehead atoms. The lowest BCUT2D eigenvalue weighted by Crippen LogP contribution is -2.52. The zero-order chi connectivity index (χ0) is 13.9. The first-order valence-electron chi connectivity index (χ1n) is 6.39. The van der Waals surface area contributed by atoms with Gasteiger partial charge in [0.1, 0.15) is 0 Å². The summed E-state index contributed by atoms with van der Waals surface area (Å²) >= 11 is 0. The van der Waals surface area contributed by atoms with Crippen molar-refractivity contribution in [2.24, 2.45) is 0 Å². The molecule has 2 aliphatic rings. The van der Waals surface area contributed by atoms with Crippen LogP contribution in [0, 0.1) is 0 Å². The number of carbonyl (C=O) groups is 1. The van der Waals surface area contributed by atoms with E-state index in [9.17, 15) is 13.2 Å². The summed E-state index contributed by atoms with van der Waals surface area (Å²) in [6.07, 6.45) is 1.33. The maximum absolute atomic E-state index is 12.1. The first-order valence-corrected chi connectivity index (χ1v) is 8.00. The molecular formula is C11H19NO6S. The fraction of sp³-hybridized carbons (Fsp3) is 0.909. The third-order valence-corrected chi connectivity index (χ3v) is 4.89. The van der Waals surface area contributed by atoms with Crippen LogP contribution >= 0.6 is 0 Å². The molecule has 0 aromatic rings. The molecule has 19 heavy (non-hydrogen) atoms. The highest BCUT2D eigenvalue weighted by atomic mass is 32.2. The molecule has 2 saturated heterocycles. The molecule has 2 heterocycles. The minimum atomic E-state index is -3.67. The van der Waals surface area contributed by atoms with Gasteiger partial charge in [-0.25, -0.2) is 8.42 Å². The van der Waals surface area contributed by atoms with Crippen LogP contribution in [0.2, 0.25) is 0 Å². The lowest BCUT2D eigenvalue weighted by atomic mass is 10.1. The first-order chi connectivity index (χ1) is 8.97. The molecule has 0 aliphatic carbocycles. The van der Waals surface area contributed by atoms with Crippen molar-refractivity contribution in [3.05, 3.63) is 0 Å². The Balaban J connectivity index is 2.01. The van der Waals surface area contributed by atoms with E-state index in [-0.39, 0.29) is 13.2 Å². The third-order valence-electron chi connectivity index (χ3n) is 3.19. The van der Waals surface area contributed by atoms with Gasteiger partial charge >= 0.3 is 5.97 Å². The standard InChI is InChI=1S/C11H19NO6S/c1-2-16-10(13)8-19(14,15)12-5-3-4-11(9-12)17-6-7-18-11/h2-9H2,1H3. The molecule has 7 nitrogen and oxygen atoms in total. The summed E-state index contributed by atoms with van der Waals surface area (Å²) in [6, 6.07) is 0. The molecule has 0 saturated carbocycles. The fourth-order valence-electron chi connectivity index (χ4n) is 2.36. The fourth-order valence-corrected chi connectivity index (χ4v) is 3.73. The van der Waals surface area contributed by atoms with E-state index in [2.05, 4.69) is 4.74 Å². The number of esters is 1. The van der Waals surface area contributed by atoms with Gasteiger partial charge in [0.15, 0.2) is 11.5 Å². The van der Waals surface area contributed by atoms with Gasteiger partial charge in [-0.15, -0.1) is 0 Å². The van der Waals surface area contributed by atoms with E-state index in [0.29, 0.717) is 32.6 Å². The Kier molecular flexibility index (Phi) is 4.44. The highest BCUT2D eigenvalue weighted by Gasteiger charge is 2.44. The molecule has 2 aliphatic heterocycles. The minimum absolute atomic E-state index is 0.148. The van der Waals surface area contributed by atoms with Gasteiger partial charge in [0.05, 0.1) is 26.4 Å². The summed E-state index contributed by atoms with van der Waals surface area (Å²) in [7, 11) is -3.67. The van der Waals surface area contributed by atoms with Crippen molar-refractivity contribution in [2.45, 2.75) is 25.6 Å². The second kappa shape index (κ2) is 5.74. The second-order valence-corrected chi connectivity index (χ2v) is 6.57. The predicted octanol–water partition coefficient (Wildman–Crippen LogP) is -0.282. The van der Waals surface area contributed by atoms with Gasteiger partial charge < -0.3 is 14.2 Å². The molecule has 2 fully saturated rings. The summed E-state index contributed by atoms with van der Waals surface area (Å²) in [5.74, 6) is -2.17. The largest absolute Gasteiger partial charge is 0.465 e. The molecule has 0 aromatic heterocycles. The number of nitrogens with zero attached hydrogens (tertiary/aromatic N) is 1. The van der Waals surface area contributed by atoms with Gasteiger partial charge in [-0.05, 0) is 13.3 Å². The Hall–Kier alpha value is -0.700. The molecule has 0 atom stereocenters. The summed E-state index contributed by atoms with van der Waals surface area (Å²) in [6.45, 7) is 3.30. The number of piperidine rings is 1. The number of carbonyl (C=O) groups excluding carboxylic acids is 1. The van der Waals surface area contributed by atoms with Crippen LogP contribution in [0.25, 0.3) is 0 Å². The molecule has 1 spiro atoms. The van der Waals surface area contributed by atoms with E-state index in [1.54, 1.807) is 6.92 Å². The summed E-state index contributed by atoms with van der Waals surface area (Å²) in [5.41, 5.74) is 0. The van der Waals surface area contributed by atoms with Crippen LogP contribution in [-0.4, -0.2) is 63.1 Å². The van der Waals surface area contributed by atoms with Crippen LogP contribution in [0.5, 0.6) is 0 Å². The van der Waals surface area contributed by atoms with E-state index in [1.807, 2.05) is 0 Å². The monoisotopic (exact) mass is 293 g/mol. The predicted molar refractivity (Wildman–Crippen MR) is 65.9 cm³/mol. The van der Waals surface area contributed by atoms with E-state index < -0.39 is 27.5 Å². The normalized spacial score (nSPS) is 23.6. The number of ether oxygens (including phenoxy) is 3. The number of rotatable bonds is 4. The van der Waals surface area contributed by atoms with Gasteiger partial charge in [0, 0.05) is 13.0 Å². The molecule has 0 N–H and O–H groups in total. The minimum Gasteiger partial charge on any atom is -0.465 e. The highest BCUT2D eigenvalue weighted by Crippen LogP contribution is 2.31. The van der Waals surface area contributed by atoms with Gasteiger partial charge in [0.2, 0.25) is 10.0 Å². The Morgan fingerprint density at radius 1 is 1.37 bits per heavy atom. The highest BCUT2D eigenvalue weighted by molar-refractivity contribution is 7.89. The maximum Gasteiger partial charge on any atom is 0.322 e. The van der Waals surface area contributed by atoms with E-state index in [4.69, 9.17) is 9.47 Å². The van der Waals surface area contributed by atoms with Crippen LogP contribution in [0.15, 0.2) is 0 Å². The van der Waals surface area contributed by atoms with Gasteiger partial charge in [-0.1, -0.05) is 0 Å². The Bertz CT molecular complexity index is 428. The van der Waals surface area contributed by atoms with E-state index in [0.717, 1.165) is 0 Å². The van der Waals surface area contributed by atoms with E-state index in [1.165, 1.54) is 4.31 Å². The van der Waals surface area contributed by atoms with Crippen molar-refractivity contribution in [3.8, 4) is 0 Å². The zero-order valence-corrected chi connectivity index (χ0v) is 11.8. The molecule has 2 rings (SSSR count). The van der Waals surface area contributed by atoms with Crippen molar-refractivity contribution in [1.29, 1.82) is 0 Å². The average molecular weight is 293 g/mol. The Morgan fingerprint density at radius 2 is 2.05 bits per heavy atom. The maximum atomic E-state index is 12.1. The molecular weight excluding hydrogens is 274 g/mol. The van der Waals surface area contributed by atoms with Gasteiger partial charge in [-0.3, -0.25) is 4.79 Å². The molecule has 0 unspecified atom stereocenters. The molecule has 110 valence electrons. The number of hydrogen-bond acceptors (Lipinski definition) is 6. The summed E-state index contributed by atoms with van der Waals surface area (Å²) in [4.78, 5) is 11.3. The second-order valence-electron chi connectivity index (χ2n) is 4.61. The van der Waals surface area contributed by atoms with Crippen molar-refractivity contribution in [1.82, 2.24) is 4.31 Å². The van der Waals surface area contributed by atoms with Crippen LogP contribution in [0.4, 0.5) is 0 Å². The molecule has 0 amide bonds. The average Bonchev–Trinajstić information content (AvgIpc) is 2.77. The SMILES string of the molecule is CCOC(=O)CS(=O)(=O)N1CCCC2(C1)OCCO2. The van der Waals surface area contributed by atoms with E-state index >= 15 is 0 Å². The van der Waals surface area contributed by atoms with Crippen molar-refractivity contribution >= 4 is 16.0 Å². The quantitative estimate of drug-likeness (QED) is 0.663. The smallest absolute Gasteiger partial charge is 0.322 e. The number of sulfonamides is 1. The van der Waals surface area contributed by atoms with Gasteiger partial charge in [0.25, 0.3) is 0 Å². The van der Waals surface area contributed by atoms with Gasteiger partial charge in [-0.2, -0.15) is 4.31 Å². The molecule has 8 heteroatoms. The molecule has 0 radical (unpaired) electrons. The lowest BCUT2D eigenvalue weighted by Gasteiger charge is -2.37. The first kappa shape index (κ1) is 14.7. The Labute approximate surface area is 112 Å². The topological polar surface area (TPSA) is 82.1 Å². The van der Waals surface area contributed by atoms with Crippen LogP contribution in [0.1, 0.15) is 19.8 Å².